The number of pyridine rings is 1. The van der Waals surface area contributed by atoms with Crippen LogP contribution in [-0.2, 0) is 4.74 Å². The Morgan fingerprint density at radius 1 is 1.29 bits per heavy atom. The second-order valence-electron chi connectivity index (χ2n) is 9.70. The molecule has 31 heavy (non-hydrogen) atoms. The number of carbonyl (C=O) groups is 1. The van der Waals surface area contributed by atoms with Crippen molar-refractivity contribution < 1.29 is 19.4 Å². The van der Waals surface area contributed by atoms with Gasteiger partial charge in [-0.15, -0.1) is 0 Å². The number of aromatic nitrogens is 1. The van der Waals surface area contributed by atoms with Crippen LogP contribution in [-0.4, -0.2) is 58.5 Å². The minimum absolute atomic E-state index is 0.117. The minimum Gasteiger partial charge on any atom is -0.495 e. The number of aliphatic hydroxyl groups excluding tert-OH is 1. The second kappa shape index (κ2) is 8.63. The van der Waals surface area contributed by atoms with E-state index in [0.717, 1.165) is 42.1 Å². The van der Waals surface area contributed by atoms with Crippen LogP contribution < -0.4 is 10.1 Å². The van der Waals surface area contributed by atoms with Gasteiger partial charge in [-0.25, -0.2) is 4.79 Å². The van der Waals surface area contributed by atoms with Crippen molar-refractivity contribution in [2.45, 2.75) is 76.3 Å². The number of amides is 1. The van der Waals surface area contributed by atoms with Crippen molar-refractivity contribution in [2.24, 2.45) is 0 Å². The number of ether oxygens (including phenoxy) is 2. The average Bonchev–Trinajstić information content (AvgIpc) is 2.93. The first kappa shape index (κ1) is 21.8. The Kier molecular flexibility index (Phi) is 6.08. The van der Waals surface area contributed by atoms with Crippen molar-refractivity contribution in [2.75, 3.05) is 13.7 Å². The summed E-state index contributed by atoms with van der Waals surface area (Å²) in [5.74, 6) is 0.682. The maximum Gasteiger partial charge on any atom is 0.407 e. The summed E-state index contributed by atoms with van der Waals surface area (Å²) in [5, 5.41) is 15.1. The Hall–Kier alpha value is -2.38. The van der Waals surface area contributed by atoms with Gasteiger partial charge in [0.1, 0.15) is 11.4 Å². The molecule has 0 spiro atoms. The number of fused-ring (bicyclic) bond motifs is 3. The largest absolute Gasteiger partial charge is 0.495 e. The van der Waals surface area contributed by atoms with E-state index < -0.39 is 11.7 Å². The van der Waals surface area contributed by atoms with Gasteiger partial charge in [-0.05, 0) is 64.2 Å². The molecule has 2 fully saturated rings. The van der Waals surface area contributed by atoms with Gasteiger partial charge < -0.3 is 19.9 Å². The number of carbonyl (C=O) groups excluding carboxylic acids is 1. The molecule has 2 aliphatic heterocycles. The van der Waals surface area contributed by atoms with Gasteiger partial charge in [0.05, 0.1) is 24.9 Å². The number of aliphatic hydroxyl groups is 1. The third-order valence-corrected chi connectivity index (χ3v) is 6.32. The Morgan fingerprint density at radius 2 is 2.00 bits per heavy atom. The molecule has 3 heterocycles. The summed E-state index contributed by atoms with van der Waals surface area (Å²) in [7, 11) is 1.62. The van der Waals surface area contributed by atoms with E-state index in [2.05, 4.69) is 15.2 Å². The van der Waals surface area contributed by atoms with E-state index >= 15 is 0 Å². The van der Waals surface area contributed by atoms with Crippen LogP contribution in [0.5, 0.6) is 5.75 Å². The van der Waals surface area contributed by atoms with Gasteiger partial charge in [0.25, 0.3) is 0 Å². The van der Waals surface area contributed by atoms with Crippen LogP contribution >= 0.6 is 0 Å². The molecular weight excluding hydrogens is 394 g/mol. The van der Waals surface area contributed by atoms with Crippen molar-refractivity contribution in [3.63, 3.8) is 0 Å². The summed E-state index contributed by atoms with van der Waals surface area (Å²) < 4.78 is 10.7. The highest BCUT2D eigenvalue weighted by Gasteiger charge is 2.42. The SMILES string of the molecule is COc1cnc2cccc(C(O)CN3C4CCC3CC(NC(=O)OC(C)(C)C)C4)c2c1. The van der Waals surface area contributed by atoms with Gasteiger partial charge in [-0.1, -0.05) is 12.1 Å². The van der Waals surface area contributed by atoms with Crippen molar-refractivity contribution in [1.29, 1.82) is 0 Å². The fourth-order valence-electron chi connectivity index (χ4n) is 5.02. The second-order valence-corrected chi connectivity index (χ2v) is 9.70. The van der Waals surface area contributed by atoms with E-state index in [-0.39, 0.29) is 12.1 Å². The van der Waals surface area contributed by atoms with E-state index in [4.69, 9.17) is 9.47 Å². The van der Waals surface area contributed by atoms with Gasteiger partial charge in [0, 0.05) is 30.1 Å². The molecule has 2 N–H and O–H groups in total. The summed E-state index contributed by atoms with van der Waals surface area (Å²) in [6.07, 6.45) is 4.68. The molecule has 2 bridgehead atoms. The number of benzene rings is 1. The quantitative estimate of drug-likeness (QED) is 0.755. The zero-order valence-electron chi connectivity index (χ0n) is 18.8. The van der Waals surface area contributed by atoms with E-state index in [9.17, 15) is 9.90 Å². The molecule has 2 aromatic rings. The first-order valence-corrected chi connectivity index (χ1v) is 11.1. The molecule has 1 aromatic heterocycles. The molecule has 7 nitrogen and oxygen atoms in total. The first-order chi connectivity index (χ1) is 14.7. The molecule has 168 valence electrons. The summed E-state index contributed by atoms with van der Waals surface area (Å²) in [6, 6.07) is 8.62. The molecular formula is C24H33N3O4. The third kappa shape index (κ3) is 4.93. The molecule has 4 rings (SSSR count). The maximum absolute atomic E-state index is 12.2. The molecule has 0 saturated carbocycles. The molecule has 2 aliphatic rings. The van der Waals surface area contributed by atoms with Crippen molar-refractivity contribution >= 4 is 17.0 Å². The van der Waals surface area contributed by atoms with Gasteiger partial charge in [0.2, 0.25) is 0 Å². The molecule has 1 amide bonds. The topological polar surface area (TPSA) is 83.9 Å². The summed E-state index contributed by atoms with van der Waals surface area (Å²) >= 11 is 0. The number of hydrogen-bond acceptors (Lipinski definition) is 6. The lowest BCUT2D eigenvalue weighted by molar-refractivity contribution is 0.0348. The van der Waals surface area contributed by atoms with Crippen LogP contribution in [0.4, 0.5) is 4.79 Å². The average molecular weight is 428 g/mol. The highest BCUT2D eigenvalue weighted by atomic mass is 16.6. The molecule has 2 saturated heterocycles. The van der Waals surface area contributed by atoms with Crippen LogP contribution in [0.3, 0.4) is 0 Å². The highest BCUT2D eigenvalue weighted by Crippen LogP contribution is 2.38. The predicted octanol–water partition coefficient (Wildman–Crippen LogP) is 3.80. The van der Waals surface area contributed by atoms with Crippen molar-refractivity contribution in [3.05, 3.63) is 36.0 Å². The van der Waals surface area contributed by atoms with Gasteiger partial charge in [-0.2, -0.15) is 0 Å². The van der Waals surface area contributed by atoms with Crippen LogP contribution in [0.2, 0.25) is 0 Å². The van der Waals surface area contributed by atoms with E-state index in [0.29, 0.717) is 24.4 Å². The zero-order chi connectivity index (χ0) is 22.2. The van der Waals surface area contributed by atoms with Gasteiger partial charge >= 0.3 is 6.09 Å². The number of methoxy groups -OCH3 is 1. The predicted molar refractivity (Wildman–Crippen MR) is 119 cm³/mol. The van der Waals surface area contributed by atoms with Gasteiger partial charge in [-0.3, -0.25) is 9.88 Å². The summed E-state index contributed by atoms with van der Waals surface area (Å²) in [4.78, 5) is 19.0. The van der Waals surface area contributed by atoms with Gasteiger partial charge in [0.15, 0.2) is 0 Å². The van der Waals surface area contributed by atoms with E-state index in [1.54, 1.807) is 13.3 Å². The Morgan fingerprint density at radius 3 is 2.65 bits per heavy atom. The number of rotatable bonds is 5. The first-order valence-electron chi connectivity index (χ1n) is 11.1. The Balaban J connectivity index is 1.43. The summed E-state index contributed by atoms with van der Waals surface area (Å²) in [5.41, 5.74) is 1.22. The fourth-order valence-corrected chi connectivity index (χ4v) is 5.02. The normalized spacial score (nSPS) is 24.7. The van der Waals surface area contributed by atoms with Crippen LogP contribution in [0.15, 0.2) is 30.5 Å². The molecule has 0 aliphatic carbocycles. The number of hydrogen-bond donors (Lipinski definition) is 2. The monoisotopic (exact) mass is 427 g/mol. The number of nitrogens with one attached hydrogen (secondary N) is 1. The third-order valence-electron chi connectivity index (χ3n) is 6.32. The van der Waals surface area contributed by atoms with Crippen LogP contribution in [0.25, 0.3) is 10.9 Å². The van der Waals surface area contributed by atoms with Crippen LogP contribution in [0, 0.1) is 0 Å². The molecule has 3 unspecified atom stereocenters. The highest BCUT2D eigenvalue weighted by molar-refractivity contribution is 5.83. The molecule has 0 radical (unpaired) electrons. The van der Waals surface area contributed by atoms with Crippen molar-refractivity contribution in [3.8, 4) is 5.75 Å². The van der Waals surface area contributed by atoms with Crippen molar-refractivity contribution in [1.82, 2.24) is 15.2 Å². The Labute approximate surface area is 183 Å². The van der Waals surface area contributed by atoms with Crippen LogP contribution in [0.1, 0.15) is 58.1 Å². The lowest BCUT2D eigenvalue weighted by atomic mass is 9.95. The number of alkyl carbamates (subject to hydrolysis) is 1. The minimum atomic E-state index is -0.615. The van der Waals surface area contributed by atoms with E-state index in [1.165, 1.54) is 0 Å². The number of nitrogens with zero attached hydrogens (tertiary/aromatic N) is 2. The maximum atomic E-state index is 12.2. The lowest BCUT2D eigenvalue weighted by Gasteiger charge is -2.40. The molecule has 7 heteroatoms. The number of piperidine rings is 1. The lowest BCUT2D eigenvalue weighted by Crippen LogP contribution is -2.51. The fraction of sp³-hybridized carbons (Fsp3) is 0.583. The molecule has 3 atom stereocenters. The molecule has 1 aromatic carbocycles. The Bertz CT molecular complexity index is 928. The van der Waals surface area contributed by atoms with E-state index in [1.807, 2.05) is 45.0 Å². The smallest absolute Gasteiger partial charge is 0.407 e. The zero-order valence-corrected chi connectivity index (χ0v) is 18.8. The summed E-state index contributed by atoms with van der Waals surface area (Å²) in [6.45, 7) is 6.20. The standard InChI is InChI=1S/C24H33N3O4/c1-24(2,3)31-23(29)26-15-10-16-8-9-17(11-15)27(16)14-22(28)19-6-5-7-21-20(19)12-18(30-4)13-25-21/h5-7,12-13,15-17,22,28H,8-11,14H2,1-4H3,(H,26,29).